The maximum atomic E-state index is 4.24. The Hall–Kier alpha value is -1.83. The molecule has 18 heavy (non-hydrogen) atoms. The molecule has 0 saturated heterocycles. The van der Waals surface area contributed by atoms with E-state index in [2.05, 4.69) is 40.6 Å². The van der Waals surface area contributed by atoms with Crippen molar-refractivity contribution in [2.75, 3.05) is 5.32 Å². The summed E-state index contributed by atoms with van der Waals surface area (Å²) in [5.41, 5.74) is 5.18. The van der Waals surface area contributed by atoms with E-state index in [0.29, 0.717) is 6.04 Å². The number of nitrogens with zero attached hydrogens (tertiary/aromatic N) is 1. The molecule has 1 aliphatic carbocycles. The number of rotatable bonds is 2. The largest absolute Gasteiger partial charge is 0.378 e. The predicted octanol–water partition coefficient (Wildman–Crippen LogP) is 3.88. The second-order valence-electron chi connectivity index (χ2n) is 4.97. The van der Waals surface area contributed by atoms with Crippen LogP contribution in [0.3, 0.4) is 0 Å². The van der Waals surface area contributed by atoms with E-state index in [1.165, 1.54) is 36.1 Å². The van der Waals surface area contributed by atoms with Crippen LogP contribution in [0.4, 0.5) is 5.69 Å². The average molecular weight is 238 g/mol. The van der Waals surface area contributed by atoms with E-state index in [-0.39, 0.29) is 0 Å². The first-order chi connectivity index (χ1) is 8.83. The predicted molar refractivity (Wildman–Crippen MR) is 74.7 cm³/mol. The van der Waals surface area contributed by atoms with Crippen LogP contribution in [0.2, 0.25) is 0 Å². The molecule has 1 N–H and O–H groups in total. The molecular formula is C16H18N2. The molecule has 92 valence electrons. The van der Waals surface area contributed by atoms with Crippen molar-refractivity contribution in [2.45, 2.75) is 32.2 Å². The highest BCUT2D eigenvalue weighted by atomic mass is 14.9. The zero-order valence-electron chi connectivity index (χ0n) is 10.7. The third-order valence-corrected chi connectivity index (χ3v) is 3.61. The van der Waals surface area contributed by atoms with Gasteiger partial charge in [0.25, 0.3) is 0 Å². The summed E-state index contributed by atoms with van der Waals surface area (Å²) in [5, 5.41) is 3.64. The molecule has 0 saturated carbocycles. The van der Waals surface area contributed by atoms with E-state index >= 15 is 0 Å². The third kappa shape index (κ3) is 2.23. The topological polar surface area (TPSA) is 24.9 Å². The summed E-state index contributed by atoms with van der Waals surface area (Å²) < 4.78 is 0. The van der Waals surface area contributed by atoms with Gasteiger partial charge in [-0.15, -0.1) is 0 Å². The molecule has 0 aliphatic heterocycles. The van der Waals surface area contributed by atoms with E-state index in [1.807, 2.05) is 19.2 Å². The summed E-state index contributed by atoms with van der Waals surface area (Å²) in [6, 6.07) is 13.4. The molecule has 0 fully saturated rings. The van der Waals surface area contributed by atoms with Crippen LogP contribution in [-0.2, 0) is 6.42 Å². The first-order valence-electron chi connectivity index (χ1n) is 6.60. The standard InChI is InChI=1S/C16H18N2/c1-12-11-14(9-10-17-12)18-16-8-4-6-13-5-2-3-7-15(13)16/h2-3,5,7,9-11,16H,4,6,8H2,1H3,(H,17,18). The molecule has 3 rings (SSSR count). The van der Waals surface area contributed by atoms with Crippen molar-refractivity contribution in [3.8, 4) is 0 Å². The Balaban J connectivity index is 1.86. The number of nitrogens with one attached hydrogen (secondary N) is 1. The minimum atomic E-state index is 0.441. The number of fused-ring (bicyclic) bond motifs is 1. The summed E-state index contributed by atoms with van der Waals surface area (Å²) >= 11 is 0. The minimum absolute atomic E-state index is 0.441. The maximum Gasteiger partial charge on any atom is 0.0516 e. The third-order valence-electron chi connectivity index (χ3n) is 3.61. The average Bonchev–Trinajstić information content (AvgIpc) is 2.39. The normalized spacial score (nSPS) is 18.2. The Morgan fingerprint density at radius 3 is 3.00 bits per heavy atom. The van der Waals surface area contributed by atoms with Gasteiger partial charge in [-0.2, -0.15) is 0 Å². The Bertz CT molecular complexity index is 548. The van der Waals surface area contributed by atoms with E-state index in [4.69, 9.17) is 0 Å². The van der Waals surface area contributed by atoms with Crippen LogP contribution in [0, 0.1) is 6.92 Å². The molecule has 2 aromatic rings. The lowest BCUT2D eigenvalue weighted by Crippen LogP contribution is -2.17. The van der Waals surface area contributed by atoms with Gasteiger partial charge in [-0.1, -0.05) is 24.3 Å². The molecule has 0 bridgehead atoms. The first-order valence-corrected chi connectivity index (χ1v) is 6.60. The van der Waals surface area contributed by atoms with Crippen molar-refractivity contribution in [1.29, 1.82) is 0 Å². The summed E-state index contributed by atoms with van der Waals surface area (Å²) in [7, 11) is 0. The summed E-state index contributed by atoms with van der Waals surface area (Å²) in [6.45, 7) is 2.03. The van der Waals surface area contributed by atoms with Crippen LogP contribution in [0.5, 0.6) is 0 Å². The molecule has 1 aliphatic rings. The number of benzene rings is 1. The molecule has 1 aromatic carbocycles. The van der Waals surface area contributed by atoms with Crippen molar-refractivity contribution >= 4 is 5.69 Å². The second kappa shape index (κ2) is 4.81. The second-order valence-corrected chi connectivity index (χ2v) is 4.97. The van der Waals surface area contributed by atoms with E-state index in [9.17, 15) is 0 Å². The van der Waals surface area contributed by atoms with Crippen LogP contribution in [-0.4, -0.2) is 4.98 Å². The Labute approximate surface area is 108 Å². The van der Waals surface area contributed by atoms with Crippen molar-refractivity contribution < 1.29 is 0 Å². The highest BCUT2D eigenvalue weighted by Crippen LogP contribution is 2.32. The van der Waals surface area contributed by atoms with Crippen LogP contribution < -0.4 is 5.32 Å². The monoisotopic (exact) mass is 238 g/mol. The van der Waals surface area contributed by atoms with E-state index < -0.39 is 0 Å². The van der Waals surface area contributed by atoms with Gasteiger partial charge in [0.15, 0.2) is 0 Å². The first kappa shape index (κ1) is 11.3. The fraction of sp³-hybridized carbons (Fsp3) is 0.312. The van der Waals surface area contributed by atoms with E-state index in [0.717, 1.165) is 5.69 Å². The molecule has 1 atom stereocenters. The van der Waals surface area contributed by atoms with Gasteiger partial charge in [-0.25, -0.2) is 0 Å². The zero-order chi connectivity index (χ0) is 12.4. The number of aryl methyl sites for hydroxylation is 2. The lowest BCUT2D eigenvalue weighted by Gasteiger charge is -2.27. The lowest BCUT2D eigenvalue weighted by molar-refractivity contribution is 0.600. The lowest BCUT2D eigenvalue weighted by atomic mass is 9.87. The molecule has 1 aromatic heterocycles. The Morgan fingerprint density at radius 1 is 1.22 bits per heavy atom. The number of pyridine rings is 1. The van der Waals surface area contributed by atoms with E-state index in [1.54, 1.807) is 0 Å². The molecular weight excluding hydrogens is 220 g/mol. The molecule has 2 nitrogen and oxygen atoms in total. The van der Waals surface area contributed by atoms with Gasteiger partial charge in [0.05, 0.1) is 6.04 Å². The molecule has 0 spiro atoms. The highest BCUT2D eigenvalue weighted by Gasteiger charge is 2.19. The summed E-state index contributed by atoms with van der Waals surface area (Å²) in [4.78, 5) is 4.24. The number of hydrogen-bond acceptors (Lipinski definition) is 2. The fourth-order valence-corrected chi connectivity index (χ4v) is 2.74. The summed E-state index contributed by atoms with van der Waals surface area (Å²) in [6.07, 6.45) is 5.55. The van der Waals surface area contributed by atoms with Crippen molar-refractivity contribution in [3.05, 3.63) is 59.4 Å². The van der Waals surface area contributed by atoms with Crippen molar-refractivity contribution in [2.24, 2.45) is 0 Å². The van der Waals surface area contributed by atoms with Crippen molar-refractivity contribution in [3.63, 3.8) is 0 Å². The molecule has 0 amide bonds. The molecule has 1 unspecified atom stereocenters. The van der Waals surface area contributed by atoms with Gasteiger partial charge in [0, 0.05) is 17.6 Å². The van der Waals surface area contributed by atoms with Gasteiger partial charge in [0.1, 0.15) is 0 Å². The number of anilines is 1. The molecule has 1 heterocycles. The van der Waals surface area contributed by atoms with Crippen molar-refractivity contribution in [1.82, 2.24) is 4.98 Å². The maximum absolute atomic E-state index is 4.24. The van der Waals surface area contributed by atoms with Crippen LogP contribution in [0.15, 0.2) is 42.6 Å². The van der Waals surface area contributed by atoms with Gasteiger partial charge in [-0.05, 0) is 49.4 Å². The smallest absolute Gasteiger partial charge is 0.0516 e. The number of hydrogen-bond donors (Lipinski definition) is 1. The SMILES string of the molecule is Cc1cc(NC2CCCc3ccccc32)ccn1. The quantitative estimate of drug-likeness (QED) is 0.858. The Morgan fingerprint density at radius 2 is 2.11 bits per heavy atom. The van der Waals surface area contributed by atoms with Gasteiger partial charge in [0.2, 0.25) is 0 Å². The summed E-state index contributed by atoms with van der Waals surface area (Å²) in [5.74, 6) is 0. The number of aromatic nitrogens is 1. The highest BCUT2D eigenvalue weighted by molar-refractivity contribution is 5.47. The minimum Gasteiger partial charge on any atom is -0.378 e. The molecule has 0 radical (unpaired) electrons. The van der Waals surface area contributed by atoms with Crippen LogP contribution in [0.1, 0.15) is 35.7 Å². The van der Waals surface area contributed by atoms with Gasteiger partial charge in [-0.3, -0.25) is 4.98 Å². The van der Waals surface area contributed by atoms with Crippen LogP contribution >= 0.6 is 0 Å². The van der Waals surface area contributed by atoms with Gasteiger partial charge < -0.3 is 5.32 Å². The van der Waals surface area contributed by atoms with Gasteiger partial charge >= 0.3 is 0 Å². The fourth-order valence-electron chi connectivity index (χ4n) is 2.74. The molecule has 2 heteroatoms. The Kier molecular flexibility index (Phi) is 3.01. The van der Waals surface area contributed by atoms with Crippen LogP contribution in [0.25, 0.3) is 0 Å². The zero-order valence-corrected chi connectivity index (χ0v) is 10.7.